The van der Waals surface area contributed by atoms with Gasteiger partial charge in [-0.15, -0.1) is 0 Å². The van der Waals surface area contributed by atoms with Crippen molar-refractivity contribution < 1.29 is 14.3 Å². The predicted molar refractivity (Wildman–Crippen MR) is 91.3 cm³/mol. The van der Waals surface area contributed by atoms with Crippen LogP contribution in [0.2, 0.25) is 0 Å². The Bertz CT molecular complexity index is 658. The van der Waals surface area contributed by atoms with Crippen molar-refractivity contribution in [3.63, 3.8) is 0 Å². The smallest absolute Gasteiger partial charge is 0.338 e. The van der Waals surface area contributed by atoms with E-state index in [-0.39, 0.29) is 18.1 Å². The highest BCUT2D eigenvalue weighted by Crippen LogP contribution is 2.29. The van der Waals surface area contributed by atoms with Crippen LogP contribution in [-0.2, 0) is 9.53 Å². The van der Waals surface area contributed by atoms with Crippen LogP contribution >= 0.6 is 0 Å². The lowest BCUT2D eigenvalue weighted by atomic mass is 9.94. The molecule has 128 valence electrons. The fourth-order valence-electron chi connectivity index (χ4n) is 3.37. The van der Waals surface area contributed by atoms with E-state index < -0.39 is 6.04 Å². The Hall–Kier alpha value is -2.30. The number of amides is 2. The minimum atomic E-state index is -0.476. The monoisotopic (exact) mass is 328 g/mol. The Labute approximate surface area is 142 Å². The molecule has 1 saturated carbocycles. The lowest BCUT2D eigenvalue weighted by Gasteiger charge is -2.30. The third kappa shape index (κ3) is 3.61. The number of rotatable bonds is 3. The van der Waals surface area contributed by atoms with Crippen molar-refractivity contribution in [2.24, 2.45) is 0 Å². The third-order valence-corrected chi connectivity index (χ3v) is 4.73. The summed E-state index contributed by atoms with van der Waals surface area (Å²) in [6.07, 6.45) is 5.25. The number of hydrogen-bond donors (Lipinski definition) is 2. The van der Waals surface area contributed by atoms with E-state index in [1.807, 2.05) is 31.2 Å². The standard InChI is InChI=1S/C19H24N2O3/c1-12-8-10-14(11-9-12)17-16(13(2)20-19(23)21-17)18(22)24-15-6-4-3-5-7-15/h8-11,15,17H,3-7H2,1-2H3,(H2,20,21,23). The second-order valence-electron chi connectivity index (χ2n) is 6.65. The predicted octanol–water partition coefficient (Wildman–Crippen LogP) is 3.50. The maximum atomic E-state index is 12.8. The largest absolute Gasteiger partial charge is 0.459 e. The molecule has 1 aromatic carbocycles. The summed E-state index contributed by atoms with van der Waals surface area (Å²) in [5, 5.41) is 5.53. The van der Waals surface area contributed by atoms with Crippen LogP contribution in [0.4, 0.5) is 4.79 Å². The van der Waals surface area contributed by atoms with Gasteiger partial charge in [0, 0.05) is 5.70 Å². The number of nitrogens with one attached hydrogen (secondary N) is 2. The Morgan fingerprint density at radius 3 is 2.42 bits per heavy atom. The first kappa shape index (κ1) is 16.6. The maximum Gasteiger partial charge on any atom is 0.338 e. The Morgan fingerprint density at radius 2 is 1.75 bits per heavy atom. The highest BCUT2D eigenvalue weighted by Gasteiger charge is 2.33. The minimum absolute atomic E-state index is 0.0113. The van der Waals surface area contributed by atoms with E-state index in [1.54, 1.807) is 6.92 Å². The molecule has 0 radical (unpaired) electrons. The summed E-state index contributed by atoms with van der Waals surface area (Å²) in [7, 11) is 0. The molecule has 5 nitrogen and oxygen atoms in total. The normalized spacial score (nSPS) is 21.9. The lowest BCUT2D eigenvalue weighted by Crippen LogP contribution is -2.45. The number of ether oxygens (including phenoxy) is 1. The van der Waals surface area contributed by atoms with Gasteiger partial charge in [-0.3, -0.25) is 0 Å². The van der Waals surface area contributed by atoms with Crippen LogP contribution in [0.5, 0.6) is 0 Å². The van der Waals surface area contributed by atoms with E-state index in [0.717, 1.165) is 36.8 Å². The average Bonchev–Trinajstić information content (AvgIpc) is 2.55. The van der Waals surface area contributed by atoms with Gasteiger partial charge in [-0.05, 0) is 45.1 Å². The molecule has 1 fully saturated rings. The van der Waals surface area contributed by atoms with Crippen molar-refractivity contribution in [3.8, 4) is 0 Å². The number of carbonyl (C=O) groups excluding carboxylic acids is 2. The van der Waals surface area contributed by atoms with Crippen LogP contribution in [-0.4, -0.2) is 18.1 Å². The number of carbonyl (C=O) groups is 2. The van der Waals surface area contributed by atoms with Crippen LogP contribution in [0, 0.1) is 6.92 Å². The molecule has 0 spiro atoms. The molecule has 0 saturated heterocycles. The summed E-state index contributed by atoms with van der Waals surface area (Å²) >= 11 is 0. The minimum Gasteiger partial charge on any atom is -0.459 e. The molecule has 1 atom stereocenters. The van der Waals surface area contributed by atoms with E-state index in [2.05, 4.69) is 10.6 Å². The van der Waals surface area contributed by atoms with Gasteiger partial charge in [0.15, 0.2) is 0 Å². The van der Waals surface area contributed by atoms with Gasteiger partial charge in [-0.25, -0.2) is 9.59 Å². The summed E-state index contributed by atoms with van der Waals surface area (Å²) in [5.41, 5.74) is 3.06. The zero-order chi connectivity index (χ0) is 17.1. The number of benzene rings is 1. The SMILES string of the molecule is CC1=C(C(=O)OC2CCCCC2)C(c2ccc(C)cc2)NC(=O)N1. The molecule has 3 rings (SSSR count). The molecule has 1 aliphatic carbocycles. The van der Waals surface area contributed by atoms with E-state index in [9.17, 15) is 9.59 Å². The van der Waals surface area contributed by atoms with Crippen LogP contribution in [0.15, 0.2) is 35.5 Å². The third-order valence-electron chi connectivity index (χ3n) is 4.73. The van der Waals surface area contributed by atoms with Crippen LogP contribution in [0.3, 0.4) is 0 Å². The first-order chi connectivity index (χ1) is 11.5. The molecule has 0 aromatic heterocycles. The van der Waals surface area contributed by atoms with Crippen molar-refractivity contribution >= 4 is 12.0 Å². The second kappa shape index (κ2) is 7.07. The first-order valence-electron chi connectivity index (χ1n) is 8.60. The quantitative estimate of drug-likeness (QED) is 0.835. The van der Waals surface area contributed by atoms with Gasteiger partial charge in [0.2, 0.25) is 0 Å². The highest BCUT2D eigenvalue weighted by atomic mass is 16.5. The molecule has 1 heterocycles. The van der Waals surface area contributed by atoms with Gasteiger partial charge >= 0.3 is 12.0 Å². The lowest BCUT2D eigenvalue weighted by molar-refractivity contribution is -0.146. The highest BCUT2D eigenvalue weighted by molar-refractivity contribution is 5.95. The van der Waals surface area contributed by atoms with Gasteiger partial charge < -0.3 is 15.4 Å². The van der Waals surface area contributed by atoms with Gasteiger partial charge in [-0.1, -0.05) is 36.2 Å². The molecule has 2 N–H and O–H groups in total. The molecule has 2 amide bonds. The molecule has 0 bridgehead atoms. The summed E-state index contributed by atoms with van der Waals surface area (Å²) in [6.45, 7) is 3.75. The number of aryl methyl sites for hydroxylation is 1. The summed E-state index contributed by atoms with van der Waals surface area (Å²) in [4.78, 5) is 24.6. The number of allylic oxidation sites excluding steroid dienone is 1. The average molecular weight is 328 g/mol. The Kier molecular flexibility index (Phi) is 4.88. The van der Waals surface area contributed by atoms with Crippen molar-refractivity contribution in [2.45, 2.75) is 58.1 Å². The number of urea groups is 1. The molecule has 1 aromatic rings. The topological polar surface area (TPSA) is 67.4 Å². The summed E-state index contributed by atoms with van der Waals surface area (Å²) < 4.78 is 5.72. The Morgan fingerprint density at radius 1 is 1.08 bits per heavy atom. The fourth-order valence-corrected chi connectivity index (χ4v) is 3.37. The van der Waals surface area contributed by atoms with E-state index in [0.29, 0.717) is 11.3 Å². The van der Waals surface area contributed by atoms with Crippen LogP contribution in [0.25, 0.3) is 0 Å². The molecule has 24 heavy (non-hydrogen) atoms. The van der Waals surface area contributed by atoms with E-state index in [1.165, 1.54) is 6.42 Å². The fraction of sp³-hybridized carbons (Fsp3) is 0.474. The Balaban J connectivity index is 1.85. The molecule has 5 heteroatoms. The number of hydrogen-bond acceptors (Lipinski definition) is 3. The van der Waals surface area contributed by atoms with E-state index >= 15 is 0 Å². The van der Waals surface area contributed by atoms with Crippen LogP contribution < -0.4 is 10.6 Å². The number of esters is 1. The molecule has 1 unspecified atom stereocenters. The van der Waals surface area contributed by atoms with Crippen molar-refractivity contribution in [1.82, 2.24) is 10.6 Å². The molecule has 2 aliphatic rings. The first-order valence-corrected chi connectivity index (χ1v) is 8.60. The zero-order valence-electron chi connectivity index (χ0n) is 14.2. The van der Waals surface area contributed by atoms with Gasteiger partial charge in [0.1, 0.15) is 6.10 Å². The van der Waals surface area contributed by atoms with Crippen molar-refractivity contribution in [1.29, 1.82) is 0 Å². The molecular weight excluding hydrogens is 304 g/mol. The zero-order valence-corrected chi connectivity index (χ0v) is 14.2. The van der Waals surface area contributed by atoms with E-state index in [4.69, 9.17) is 4.74 Å². The van der Waals surface area contributed by atoms with Gasteiger partial charge in [0.05, 0.1) is 11.6 Å². The summed E-state index contributed by atoms with van der Waals surface area (Å²) in [6, 6.07) is 7.05. The maximum absolute atomic E-state index is 12.8. The second-order valence-corrected chi connectivity index (χ2v) is 6.65. The van der Waals surface area contributed by atoms with Crippen molar-refractivity contribution in [2.75, 3.05) is 0 Å². The van der Waals surface area contributed by atoms with Crippen LogP contribution in [0.1, 0.15) is 56.2 Å². The van der Waals surface area contributed by atoms with Gasteiger partial charge in [0.25, 0.3) is 0 Å². The summed E-state index contributed by atoms with van der Waals surface area (Å²) in [5.74, 6) is -0.336. The van der Waals surface area contributed by atoms with Crippen molar-refractivity contribution in [3.05, 3.63) is 46.7 Å². The molecule has 1 aliphatic heterocycles. The van der Waals surface area contributed by atoms with Gasteiger partial charge in [-0.2, -0.15) is 0 Å². The molecular formula is C19H24N2O3.